The van der Waals surface area contributed by atoms with E-state index in [4.69, 9.17) is 10.00 Å². The van der Waals surface area contributed by atoms with Gasteiger partial charge in [-0.1, -0.05) is 6.07 Å². The number of carbonyl (C=O) groups is 2. The molecule has 3 rings (SSSR count). The van der Waals surface area contributed by atoms with Crippen LogP contribution in [0.3, 0.4) is 0 Å². The van der Waals surface area contributed by atoms with E-state index in [-0.39, 0.29) is 12.0 Å². The molecule has 0 unspecified atom stereocenters. The molecule has 1 aliphatic rings. The molecular formula is C21H21N3O3S. The van der Waals surface area contributed by atoms with E-state index in [0.717, 1.165) is 21.8 Å². The van der Waals surface area contributed by atoms with Gasteiger partial charge in [0.2, 0.25) is 0 Å². The zero-order valence-electron chi connectivity index (χ0n) is 15.8. The third kappa shape index (κ3) is 4.12. The van der Waals surface area contributed by atoms with Gasteiger partial charge >= 0.3 is 12.0 Å². The molecule has 1 saturated heterocycles. The van der Waals surface area contributed by atoms with Crippen LogP contribution in [-0.4, -0.2) is 38.5 Å². The molecule has 28 heavy (non-hydrogen) atoms. The van der Waals surface area contributed by atoms with Gasteiger partial charge < -0.3 is 4.74 Å². The monoisotopic (exact) mass is 395 g/mol. The normalized spacial score (nSPS) is 13.5. The second-order valence-electron chi connectivity index (χ2n) is 6.33. The number of benzene rings is 2. The van der Waals surface area contributed by atoms with Crippen molar-refractivity contribution in [1.82, 2.24) is 0 Å². The Morgan fingerprint density at radius 3 is 2.54 bits per heavy atom. The average molecular weight is 395 g/mol. The Labute approximate surface area is 168 Å². The van der Waals surface area contributed by atoms with E-state index in [1.165, 1.54) is 7.11 Å². The number of anilines is 2. The Hall–Kier alpha value is -2.98. The van der Waals surface area contributed by atoms with Crippen LogP contribution in [0.15, 0.2) is 47.4 Å². The molecule has 7 heteroatoms. The quantitative estimate of drug-likeness (QED) is 0.549. The molecule has 0 aliphatic carbocycles. The van der Waals surface area contributed by atoms with Crippen molar-refractivity contribution in [3.8, 4) is 6.07 Å². The zero-order chi connectivity index (χ0) is 20.1. The van der Waals surface area contributed by atoms with Gasteiger partial charge in [-0.3, -0.25) is 14.6 Å². The van der Waals surface area contributed by atoms with E-state index in [2.05, 4.69) is 6.07 Å². The van der Waals surface area contributed by atoms with Crippen molar-refractivity contribution < 1.29 is 14.3 Å². The second kappa shape index (κ2) is 8.81. The van der Waals surface area contributed by atoms with Gasteiger partial charge in [0.25, 0.3) is 0 Å². The molecule has 0 spiro atoms. The maximum Gasteiger partial charge on any atom is 0.329 e. The van der Waals surface area contributed by atoms with E-state index >= 15 is 0 Å². The van der Waals surface area contributed by atoms with Crippen LogP contribution in [0.2, 0.25) is 0 Å². The Balaban J connectivity index is 1.78. The van der Waals surface area contributed by atoms with Crippen molar-refractivity contribution in [2.24, 2.45) is 0 Å². The molecule has 1 heterocycles. The largest absolute Gasteiger partial charge is 0.469 e. The Morgan fingerprint density at radius 2 is 1.89 bits per heavy atom. The number of rotatable bonds is 6. The van der Waals surface area contributed by atoms with Crippen molar-refractivity contribution in [3.05, 3.63) is 53.6 Å². The van der Waals surface area contributed by atoms with Crippen LogP contribution in [0.4, 0.5) is 16.2 Å². The van der Waals surface area contributed by atoms with Gasteiger partial charge in [0.1, 0.15) is 0 Å². The first-order valence-corrected chi connectivity index (χ1v) is 10.1. The van der Waals surface area contributed by atoms with Gasteiger partial charge in [0.15, 0.2) is 0 Å². The molecule has 0 saturated carbocycles. The Kier molecular flexibility index (Phi) is 6.22. The van der Waals surface area contributed by atoms with Crippen molar-refractivity contribution in [3.63, 3.8) is 0 Å². The number of thioether (sulfide) groups is 1. The maximum atomic E-state index is 13.0. The second-order valence-corrected chi connectivity index (χ2v) is 7.17. The summed E-state index contributed by atoms with van der Waals surface area (Å²) in [5.74, 6) is -0.234. The van der Waals surface area contributed by atoms with E-state index in [9.17, 15) is 9.59 Å². The molecule has 0 aromatic heterocycles. The first kappa shape index (κ1) is 19.8. The lowest BCUT2D eigenvalue weighted by atomic mass is 10.1. The van der Waals surface area contributed by atoms with Crippen LogP contribution in [-0.2, 0) is 16.0 Å². The topological polar surface area (TPSA) is 73.6 Å². The van der Waals surface area contributed by atoms with Crippen molar-refractivity contribution in [2.75, 3.05) is 36.3 Å². The summed E-state index contributed by atoms with van der Waals surface area (Å²) < 4.78 is 4.70. The Morgan fingerprint density at radius 1 is 1.18 bits per heavy atom. The molecule has 1 fully saturated rings. The fourth-order valence-electron chi connectivity index (χ4n) is 3.16. The van der Waals surface area contributed by atoms with Gasteiger partial charge in [0.05, 0.1) is 24.4 Å². The van der Waals surface area contributed by atoms with Gasteiger partial charge in [-0.15, -0.1) is 11.8 Å². The first-order valence-electron chi connectivity index (χ1n) is 8.90. The molecular weight excluding hydrogens is 374 g/mol. The lowest BCUT2D eigenvalue weighted by Gasteiger charge is -2.21. The van der Waals surface area contributed by atoms with Crippen LogP contribution in [0, 0.1) is 11.3 Å². The minimum absolute atomic E-state index is 0.0812. The minimum Gasteiger partial charge on any atom is -0.469 e. The molecule has 0 atom stereocenters. The molecule has 6 nitrogen and oxygen atoms in total. The number of aryl methyl sites for hydroxylation is 1. The maximum absolute atomic E-state index is 13.0. The minimum atomic E-state index is -0.234. The van der Waals surface area contributed by atoms with Gasteiger partial charge in [-0.2, -0.15) is 5.26 Å². The highest BCUT2D eigenvalue weighted by molar-refractivity contribution is 7.98. The summed E-state index contributed by atoms with van der Waals surface area (Å²) in [5.41, 5.74) is 3.26. The summed E-state index contributed by atoms with van der Waals surface area (Å²) in [4.78, 5) is 28.8. The number of amides is 2. The molecule has 144 valence electrons. The summed E-state index contributed by atoms with van der Waals surface area (Å²) in [6, 6.07) is 15.0. The molecule has 2 aromatic carbocycles. The van der Waals surface area contributed by atoms with Crippen molar-refractivity contribution in [1.29, 1.82) is 5.26 Å². The summed E-state index contributed by atoms with van der Waals surface area (Å²) >= 11 is 1.58. The third-order valence-electron chi connectivity index (χ3n) is 4.70. The number of hydrogen-bond acceptors (Lipinski definition) is 5. The highest BCUT2D eigenvalue weighted by Gasteiger charge is 2.31. The van der Waals surface area contributed by atoms with Gasteiger partial charge in [-0.25, -0.2) is 4.79 Å². The van der Waals surface area contributed by atoms with Crippen LogP contribution < -0.4 is 9.80 Å². The third-order valence-corrected chi connectivity index (χ3v) is 5.46. The van der Waals surface area contributed by atoms with Crippen LogP contribution >= 0.6 is 11.8 Å². The SMILES string of the molecule is COC(=O)CCc1ccc(N2CCN(c3ccc(C#N)cc3)C2=O)c(SC)c1. The average Bonchev–Trinajstić information content (AvgIpc) is 3.12. The van der Waals surface area contributed by atoms with E-state index in [1.54, 1.807) is 45.8 Å². The molecule has 2 amide bonds. The van der Waals surface area contributed by atoms with Crippen molar-refractivity contribution >= 4 is 35.1 Å². The fourth-order valence-corrected chi connectivity index (χ4v) is 3.82. The predicted molar refractivity (Wildman–Crippen MR) is 110 cm³/mol. The van der Waals surface area contributed by atoms with E-state index in [0.29, 0.717) is 31.5 Å². The van der Waals surface area contributed by atoms with Crippen LogP contribution in [0.1, 0.15) is 17.5 Å². The van der Waals surface area contributed by atoms with Gasteiger partial charge in [0, 0.05) is 30.1 Å². The number of carbonyl (C=O) groups excluding carboxylic acids is 2. The zero-order valence-corrected chi connectivity index (χ0v) is 16.7. The number of nitriles is 1. The summed E-state index contributed by atoms with van der Waals surface area (Å²) in [5, 5.41) is 8.93. The molecule has 0 N–H and O–H groups in total. The molecule has 2 aromatic rings. The van der Waals surface area contributed by atoms with E-state index < -0.39 is 0 Å². The summed E-state index contributed by atoms with van der Waals surface area (Å²) in [6.07, 6.45) is 2.91. The Bertz CT molecular complexity index is 921. The standard InChI is InChI=1S/C21H21N3O3S/c1-27-20(25)10-6-15-5-9-18(19(13-15)28-2)24-12-11-23(21(24)26)17-7-3-16(14-22)4-8-17/h3-5,7-9,13H,6,10-12H2,1-2H3. The summed E-state index contributed by atoms with van der Waals surface area (Å²) in [7, 11) is 1.39. The fraction of sp³-hybridized carbons (Fsp3) is 0.286. The number of urea groups is 1. The highest BCUT2D eigenvalue weighted by atomic mass is 32.2. The number of nitrogens with zero attached hydrogens (tertiary/aromatic N) is 3. The van der Waals surface area contributed by atoms with Crippen LogP contribution in [0.25, 0.3) is 0 Å². The van der Waals surface area contributed by atoms with Crippen LogP contribution in [0.5, 0.6) is 0 Å². The first-order chi connectivity index (χ1) is 13.6. The van der Waals surface area contributed by atoms with Crippen molar-refractivity contribution in [2.45, 2.75) is 17.7 Å². The lowest BCUT2D eigenvalue weighted by molar-refractivity contribution is -0.140. The van der Waals surface area contributed by atoms with Gasteiger partial charge in [-0.05, 0) is 54.6 Å². The predicted octanol–water partition coefficient (Wildman–Crippen LogP) is 3.83. The lowest BCUT2D eigenvalue weighted by Crippen LogP contribution is -2.32. The summed E-state index contributed by atoms with van der Waals surface area (Å²) in [6.45, 7) is 1.18. The van der Waals surface area contributed by atoms with E-state index in [1.807, 2.05) is 24.5 Å². The molecule has 0 radical (unpaired) electrons. The number of esters is 1. The molecule has 0 bridgehead atoms. The number of methoxy groups -OCH3 is 1. The molecule has 1 aliphatic heterocycles. The number of ether oxygens (including phenoxy) is 1. The smallest absolute Gasteiger partial charge is 0.329 e. The highest BCUT2D eigenvalue weighted by Crippen LogP contribution is 2.33. The number of hydrogen-bond donors (Lipinski definition) is 0.